The molecule has 0 radical (unpaired) electrons. The van der Waals surface area contributed by atoms with Crippen LogP contribution >= 0.6 is 15.9 Å². The normalized spacial score (nSPS) is 10.7. The molecule has 0 atom stereocenters. The van der Waals surface area contributed by atoms with Gasteiger partial charge in [0.25, 0.3) is 11.4 Å². The van der Waals surface area contributed by atoms with Crippen LogP contribution in [0, 0.1) is 5.82 Å². The number of carbonyl (C=O) groups is 1. The zero-order chi connectivity index (χ0) is 21.1. The molecule has 0 saturated heterocycles. The summed E-state index contributed by atoms with van der Waals surface area (Å²) in [7, 11) is 0. The average Bonchev–Trinajstić information content (AvgIpc) is 3.22. The zero-order valence-electron chi connectivity index (χ0n) is 15.4. The molecule has 0 bridgehead atoms. The van der Waals surface area contributed by atoms with Gasteiger partial charge < -0.3 is 14.4 Å². The highest BCUT2D eigenvalue weighted by atomic mass is 79.9. The van der Waals surface area contributed by atoms with Gasteiger partial charge in [-0.25, -0.2) is 4.39 Å². The van der Waals surface area contributed by atoms with Gasteiger partial charge in [0, 0.05) is 28.0 Å². The highest BCUT2D eigenvalue weighted by molar-refractivity contribution is 9.10. The summed E-state index contributed by atoms with van der Waals surface area (Å²) in [6, 6.07) is 15.7. The van der Waals surface area contributed by atoms with Crippen LogP contribution in [0.15, 0.2) is 80.7 Å². The highest BCUT2D eigenvalue weighted by Crippen LogP contribution is 2.23. The molecule has 4 aromatic rings. The largest absolute Gasteiger partial charge is 0.334 e. The van der Waals surface area contributed by atoms with Crippen molar-refractivity contribution in [2.45, 2.75) is 6.54 Å². The number of aromatic nitrogens is 3. The average molecular weight is 469 g/mol. The number of benzene rings is 2. The fourth-order valence-corrected chi connectivity index (χ4v) is 2.99. The van der Waals surface area contributed by atoms with E-state index in [9.17, 15) is 14.0 Å². The van der Waals surface area contributed by atoms with Gasteiger partial charge in [-0.2, -0.15) is 4.98 Å². The first-order valence-electron chi connectivity index (χ1n) is 8.84. The minimum atomic E-state index is -0.429. The lowest BCUT2D eigenvalue weighted by Crippen LogP contribution is -2.26. The summed E-state index contributed by atoms with van der Waals surface area (Å²) < 4.78 is 20.5. The molecule has 150 valence electrons. The molecule has 2 aromatic heterocycles. The number of pyridine rings is 1. The van der Waals surface area contributed by atoms with Crippen LogP contribution in [0.2, 0.25) is 0 Å². The number of rotatable bonds is 5. The monoisotopic (exact) mass is 468 g/mol. The van der Waals surface area contributed by atoms with E-state index in [0.717, 1.165) is 10.0 Å². The van der Waals surface area contributed by atoms with Gasteiger partial charge in [-0.3, -0.25) is 9.59 Å². The summed E-state index contributed by atoms with van der Waals surface area (Å²) in [5, 5.41) is 6.58. The Morgan fingerprint density at radius 3 is 2.47 bits per heavy atom. The van der Waals surface area contributed by atoms with Crippen molar-refractivity contribution < 1.29 is 13.7 Å². The molecule has 0 aliphatic carbocycles. The molecule has 0 aliphatic rings. The summed E-state index contributed by atoms with van der Waals surface area (Å²) in [5.74, 6) is -0.203. The van der Waals surface area contributed by atoms with Gasteiger partial charge in [-0.15, -0.1) is 0 Å². The molecule has 2 heterocycles. The lowest BCUT2D eigenvalue weighted by Gasteiger charge is -2.08. The van der Waals surface area contributed by atoms with Crippen molar-refractivity contribution in [2.75, 3.05) is 5.32 Å². The third kappa shape index (κ3) is 4.52. The van der Waals surface area contributed by atoms with E-state index in [0.29, 0.717) is 17.1 Å². The van der Waals surface area contributed by atoms with Crippen LogP contribution in [0.1, 0.15) is 0 Å². The highest BCUT2D eigenvalue weighted by Gasteiger charge is 2.13. The van der Waals surface area contributed by atoms with Crippen LogP contribution in [0.5, 0.6) is 0 Å². The molecule has 7 nitrogen and oxygen atoms in total. The Balaban J connectivity index is 1.53. The molecule has 0 unspecified atom stereocenters. The predicted octanol–water partition coefficient (Wildman–Crippen LogP) is 4.11. The fourth-order valence-electron chi connectivity index (χ4n) is 2.73. The van der Waals surface area contributed by atoms with E-state index in [1.807, 2.05) is 24.3 Å². The molecule has 0 saturated carbocycles. The minimum absolute atomic E-state index is 0.223. The van der Waals surface area contributed by atoms with E-state index in [1.54, 1.807) is 6.07 Å². The Morgan fingerprint density at radius 2 is 1.73 bits per heavy atom. The van der Waals surface area contributed by atoms with Gasteiger partial charge in [-0.1, -0.05) is 21.1 Å². The second-order valence-electron chi connectivity index (χ2n) is 6.37. The first-order chi connectivity index (χ1) is 14.5. The van der Waals surface area contributed by atoms with Crippen LogP contribution in [0.3, 0.4) is 0 Å². The molecule has 0 spiro atoms. The van der Waals surface area contributed by atoms with Crippen LogP contribution < -0.4 is 10.9 Å². The Morgan fingerprint density at radius 1 is 1.03 bits per heavy atom. The first kappa shape index (κ1) is 19.7. The predicted molar refractivity (Wildman–Crippen MR) is 112 cm³/mol. The van der Waals surface area contributed by atoms with Gasteiger partial charge >= 0.3 is 0 Å². The van der Waals surface area contributed by atoms with E-state index in [4.69, 9.17) is 4.52 Å². The number of anilines is 1. The number of hydrogen-bond acceptors (Lipinski definition) is 5. The van der Waals surface area contributed by atoms with Gasteiger partial charge in [0.15, 0.2) is 0 Å². The van der Waals surface area contributed by atoms with Crippen LogP contribution in [0.25, 0.3) is 22.8 Å². The number of amides is 1. The number of nitrogens with one attached hydrogen (secondary N) is 1. The third-order valence-electron chi connectivity index (χ3n) is 4.20. The van der Waals surface area contributed by atoms with Crippen LogP contribution in [-0.2, 0) is 11.3 Å². The summed E-state index contributed by atoms with van der Waals surface area (Å²) >= 11 is 3.37. The summed E-state index contributed by atoms with van der Waals surface area (Å²) in [4.78, 5) is 28.8. The van der Waals surface area contributed by atoms with Crippen LogP contribution in [-0.4, -0.2) is 20.6 Å². The standard InChI is InChI=1S/C21H14BrFN4O3/c22-15-4-1-13(2-5-15)20-25-21(30-26-20)14-3-10-19(29)27(11-14)12-18(28)24-17-8-6-16(23)7-9-17/h1-11H,12H2,(H,24,28). The van der Waals surface area contributed by atoms with Crippen molar-refractivity contribution >= 4 is 27.5 Å². The van der Waals surface area contributed by atoms with E-state index in [1.165, 1.54) is 41.1 Å². The molecule has 4 rings (SSSR count). The van der Waals surface area contributed by atoms with Gasteiger partial charge in [0.05, 0.1) is 5.56 Å². The smallest absolute Gasteiger partial charge is 0.259 e. The first-order valence-corrected chi connectivity index (χ1v) is 9.63. The van der Waals surface area contributed by atoms with E-state index < -0.39 is 11.7 Å². The molecular weight excluding hydrogens is 455 g/mol. The van der Waals surface area contributed by atoms with E-state index in [-0.39, 0.29) is 18.0 Å². The lowest BCUT2D eigenvalue weighted by molar-refractivity contribution is -0.116. The lowest BCUT2D eigenvalue weighted by atomic mass is 10.2. The summed E-state index contributed by atoms with van der Waals surface area (Å²) in [6.07, 6.45) is 1.48. The maximum atomic E-state index is 13.0. The molecule has 0 fully saturated rings. The number of hydrogen-bond donors (Lipinski definition) is 1. The van der Waals surface area contributed by atoms with Gasteiger partial charge in [0.2, 0.25) is 11.7 Å². The number of nitrogens with zero attached hydrogens (tertiary/aromatic N) is 3. The molecule has 1 N–H and O–H groups in total. The van der Waals surface area contributed by atoms with Gasteiger partial charge in [0.1, 0.15) is 12.4 Å². The SMILES string of the molecule is O=C(Cn1cc(-c2nc(-c3ccc(Br)cc3)no2)ccc1=O)Nc1ccc(F)cc1. The maximum absolute atomic E-state index is 13.0. The van der Waals surface area contributed by atoms with Crippen molar-refractivity contribution in [3.8, 4) is 22.8 Å². The number of carbonyl (C=O) groups excluding carboxylic acids is 1. The maximum Gasteiger partial charge on any atom is 0.259 e. The van der Waals surface area contributed by atoms with Crippen molar-refractivity contribution in [1.82, 2.24) is 14.7 Å². The van der Waals surface area contributed by atoms with E-state index >= 15 is 0 Å². The molecule has 1 amide bonds. The molecule has 0 aliphatic heterocycles. The second-order valence-corrected chi connectivity index (χ2v) is 7.28. The minimum Gasteiger partial charge on any atom is -0.334 e. The summed E-state index contributed by atoms with van der Waals surface area (Å²) in [6.45, 7) is -0.224. The Kier molecular flexibility index (Phi) is 5.53. The number of halogens is 2. The van der Waals surface area contributed by atoms with Crippen molar-refractivity contribution in [2.24, 2.45) is 0 Å². The Hall–Kier alpha value is -3.59. The third-order valence-corrected chi connectivity index (χ3v) is 4.73. The van der Waals surface area contributed by atoms with Crippen molar-refractivity contribution in [3.63, 3.8) is 0 Å². The Bertz CT molecular complexity index is 1250. The van der Waals surface area contributed by atoms with Gasteiger partial charge in [-0.05, 0) is 54.6 Å². The molecule has 9 heteroatoms. The molecular formula is C21H14BrFN4O3. The zero-order valence-corrected chi connectivity index (χ0v) is 17.0. The van der Waals surface area contributed by atoms with Crippen molar-refractivity contribution in [3.05, 3.63) is 87.5 Å². The fraction of sp³-hybridized carbons (Fsp3) is 0.0476. The van der Waals surface area contributed by atoms with E-state index in [2.05, 4.69) is 31.4 Å². The van der Waals surface area contributed by atoms with Crippen molar-refractivity contribution in [1.29, 1.82) is 0 Å². The second kappa shape index (κ2) is 8.42. The molecule has 2 aromatic carbocycles. The molecule has 30 heavy (non-hydrogen) atoms. The topological polar surface area (TPSA) is 90.0 Å². The summed E-state index contributed by atoms with van der Waals surface area (Å²) in [5.41, 5.74) is 1.35. The Labute approximate surface area is 178 Å². The van der Waals surface area contributed by atoms with Crippen LogP contribution in [0.4, 0.5) is 10.1 Å². The quantitative estimate of drug-likeness (QED) is 0.475.